The van der Waals surface area contributed by atoms with Crippen LogP contribution in [0.25, 0.3) is 0 Å². The van der Waals surface area contributed by atoms with Crippen LogP contribution in [0.1, 0.15) is 18.5 Å². The molecule has 2 atom stereocenters. The molecule has 6 heteroatoms. The number of nitrogens with zero attached hydrogens (tertiary/aromatic N) is 2. The zero-order chi connectivity index (χ0) is 17.5. The first-order valence-corrected chi connectivity index (χ1v) is 9.29. The number of hydrogen-bond donors (Lipinski definition) is 1. The van der Waals surface area contributed by atoms with Crippen molar-refractivity contribution in [3.05, 3.63) is 35.9 Å². The van der Waals surface area contributed by atoms with E-state index in [4.69, 9.17) is 9.47 Å². The van der Waals surface area contributed by atoms with Crippen molar-refractivity contribution in [1.29, 1.82) is 0 Å². The van der Waals surface area contributed by atoms with Crippen molar-refractivity contribution in [1.82, 2.24) is 15.1 Å². The average Bonchev–Trinajstić information content (AvgIpc) is 2.68. The third-order valence-corrected chi connectivity index (χ3v) is 4.95. The second-order valence-electron chi connectivity index (χ2n) is 6.49. The fourth-order valence-corrected chi connectivity index (χ4v) is 3.76. The third kappa shape index (κ3) is 4.58. The lowest BCUT2D eigenvalue weighted by molar-refractivity contribution is -0.154. The van der Waals surface area contributed by atoms with Gasteiger partial charge in [-0.3, -0.25) is 14.6 Å². The van der Waals surface area contributed by atoms with E-state index in [0.29, 0.717) is 19.8 Å². The van der Waals surface area contributed by atoms with Gasteiger partial charge in [0.25, 0.3) is 0 Å². The van der Waals surface area contributed by atoms with E-state index in [-0.39, 0.29) is 18.1 Å². The monoisotopic (exact) mass is 347 g/mol. The minimum absolute atomic E-state index is 0.0118. The molecule has 0 bridgehead atoms. The molecule has 25 heavy (non-hydrogen) atoms. The zero-order valence-electron chi connectivity index (χ0n) is 15.0. The summed E-state index contributed by atoms with van der Waals surface area (Å²) in [5.41, 5.74) is 1.17. The van der Waals surface area contributed by atoms with E-state index >= 15 is 0 Å². The van der Waals surface area contributed by atoms with E-state index < -0.39 is 0 Å². The molecule has 138 valence electrons. The van der Waals surface area contributed by atoms with Gasteiger partial charge in [-0.05, 0) is 12.5 Å². The molecule has 0 unspecified atom stereocenters. The summed E-state index contributed by atoms with van der Waals surface area (Å²) in [5.74, 6) is -0.121. The predicted molar refractivity (Wildman–Crippen MR) is 96.4 cm³/mol. The smallest absolute Gasteiger partial charge is 0.325 e. The number of rotatable bonds is 6. The van der Waals surface area contributed by atoms with Crippen LogP contribution in [0.5, 0.6) is 0 Å². The fourth-order valence-electron chi connectivity index (χ4n) is 3.76. The standard InChI is InChI=1S/C19H29N3O3/c1-2-25-19(23)18(21-10-8-20-9-11-21)17(16-6-4-3-5-7-16)22-12-14-24-15-13-22/h3-7,17-18,20H,2,8-15H2,1H3/t17-,18+/m1/s1. The molecule has 1 aromatic rings. The van der Waals surface area contributed by atoms with E-state index in [1.165, 1.54) is 5.56 Å². The predicted octanol–water partition coefficient (Wildman–Crippen LogP) is 0.897. The van der Waals surface area contributed by atoms with Crippen molar-refractivity contribution in [3.8, 4) is 0 Å². The Hall–Kier alpha value is -1.47. The molecular weight excluding hydrogens is 318 g/mol. The van der Waals surface area contributed by atoms with Crippen LogP contribution in [-0.2, 0) is 14.3 Å². The highest BCUT2D eigenvalue weighted by Crippen LogP contribution is 2.29. The first-order chi connectivity index (χ1) is 12.3. The molecule has 0 saturated carbocycles. The fraction of sp³-hybridized carbons (Fsp3) is 0.632. The Morgan fingerprint density at radius 1 is 1.12 bits per heavy atom. The summed E-state index contributed by atoms with van der Waals surface area (Å²) in [6, 6.07) is 10.0. The molecule has 2 fully saturated rings. The molecule has 0 radical (unpaired) electrons. The molecule has 2 aliphatic rings. The number of ether oxygens (including phenoxy) is 2. The van der Waals surface area contributed by atoms with Gasteiger partial charge in [-0.15, -0.1) is 0 Å². The Kier molecular flexibility index (Phi) is 6.81. The topological polar surface area (TPSA) is 54.0 Å². The first kappa shape index (κ1) is 18.3. The maximum atomic E-state index is 13.0. The summed E-state index contributed by atoms with van der Waals surface area (Å²) in [6.07, 6.45) is 0. The Morgan fingerprint density at radius 2 is 1.80 bits per heavy atom. The Bertz CT molecular complexity index is 528. The van der Waals surface area contributed by atoms with Crippen LogP contribution in [-0.4, -0.2) is 80.9 Å². The Balaban J connectivity index is 1.93. The number of piperazine rings is 1. The van der Waals surface area contributed by atoms with E-state index in [2.05, 4.69) is 27.2 Å². The number of morpholine rings is 1. The van der Waals surface area contributed by atoms with Gasteiger partial charge in [0.2, 0.25) is 0 Å². The van der Waals surface area contributed by atoms with Crippen molar-refractivity contribution in [2.75, 3.05) is 59.1 Å². The maximum absolute atomic E-state index is 13.0. The van der Waals surface area contributed by atoms with Crippen LogP contribution >= 0.6 is 0 Å². The molecule has 0 spiro atoms. The normalized spacial score (nSPS) is 22.3. The van der Waals surface area contributed by atoms with Crippen molar-refractivity contribution in [2.45, 2.75) is 19.0 Å². The van der Waals surface area contributed by atoms with Crippen LogP contribution in [0.4, 0.5) is 0 Å². The largest absolute Gasteiger partial charge is 0.465 e. The molecule has 2 heterocycles. The van der Waals surface area contributed by atoms with Crippen molar-refractivity contribution < 1.29 is 14.3 Å². The van der Waals surface area contributed by atoms with Crippen LogP contribution in [0.2, 0.25) is 0 Å². The van der Waals surface area contributed by atoms with Gasteiger partial charge in [-0.2, -0.15) is 0 Å². The van der Waals surface area contributed by atoms with E-state index in [9.17, 15) is 4.79 Å². The summed E-state index contributed by atoms with van der Waals surface area (Å²) in [4.78, 5) is 17.6. The molecule has 2 aliphatic heterocycles. The van der Waals surface area contributed by atoms with Crippen molar-refractivity contribution in [3.63, 3.8) is 0 Å². The summed E-state index contributed by atoms with van der Waals surface area (Å²) in [7, 11) is 0. The van der Waals surface area contributed by atoms with Crippen LogP contribution in [0.3, 0.4) is 0 Å². The van der Waals surface area contributed by atoms with Crippen LogP contribution < -0.4 is 5.32 Å². The summed E-state index contributed by atoms with van der Waals surface area (Å²) in [5, 5.41) is 3.37. The lowest BCUT2D eigenvalue weighted by Gasteiger charge is -2.43. The molecule has 0 amide bonds. The van der Waals surface area contributed by atoms with Gasteiger partial charge in [-0.1, -0.05) is 30.3 Å². The molecule has 3 rings (SSSR count). The van der Waals surface area contributed by atoms with Crippen LogP contribution in [0.15, 0.2) is 30.3 Å². The van der Waals surface area contributed by atoms with Gasteiger partial charge < -0.3 is 14.8 Å². The molecule has 0 aromatic heterocycles. The second kappa shape index (κ2) is 9.29. The second-order valence-corrected chi connectivity index (χ2v) is 6.49. The van der Waals surface area contributed by atoms with Gasteiger partial charge in [0, 0.05) is 39.3 Å². The van der Waals surface area contributed by atoms with Crippen LogP contribution in [0, 0.1) is 0 Å². The van der Waals surface area contributed by atoms with Gasteiger partial charge in [0.05, 0.1) is 25.9 Å². The highest BCUT2D eigenvalue weighted by molar-refractivity contribution is 5.77. The van der Waals surface area contributed by atoms with E-state index in [1.807, 2.05) is 25.1 Å². The molecule has 6 nitrogen and oxygen atoms in total. The number of carbonyl (C=O) groups excluding carboxylic acids is 1. The van der Waals surface area contributed by atoms with Gasteiger partial charge in [0.1, 0.15) is 6.04 Å². The quantitative estimate of drug-likeness (QED) is 0.772. The third-order valence-electron chi connectivity index (χ3n) is 4.95. The van der Waals surface area contributed by atoms with Gasteiger partial charge in [-0.25, -0.2) is 0 Å². The first-order valence-electron chi connectivity index (χ1n) is 9.29. The van der Waals surface area contributed by atoms with Crippen molar-refractivity contribution >= 4 is 5.97 Å². The van der Waals surface area contributed by atoms with Gasteiger partial charge >= 0.3 is 5.97 Å². The number of esters is 1. The minimum atomic E-state index is -0.289. The number of carbonyl (C=O) groups is 1. The van der Waals surface area contributed by atoms with E-state index in [1.54, 1.807) is 0 Å². The highest BCUT2D eigenvalue weighted by atomic mass is 16.5. The maximum Gasteiger partial charge on any atom is 0.325 e. The van der Waals surface area contributed by atoms with E-state index in [0.717, 1.165) is 39.3 Å². The molecular formula is C19H29N3O3. The number of nitrogens with one attached hydrogen (secondary N) is 1. The lowest BCUT2D eigenvalue weighted by Crippen LogP contribution is -2.57. The summed E-state index contributed by atoms with van der Waals surface area (Å²) < 4.78 is 11.0. The average molecular weight is 347 g/mol. The summed E-state index contributed by atoms with van der Waals surface area (Å²) in [6.45, 7) is 8.89. The molecule has 1 aromatic carbocycles. The number of benzene rings is 1. The molecule has 0 aliphatic carbocycles. The molecule has 1 N–H and O–H groups in total. The summed E-state index contributed by atoms with van der Waals surface area (Å²) >= 11 is 0. The minimum Gasteiger partial charge on any atom is -0.465 e. The Labute approximate surface area is 150 Å². The number of hydrogen-bond acceptors (Lipinski definition) is 6. The Morgan fingerprint density at radius 3 is 2.44 bits per heavy atom. The SMILES string of the molecule is CCOC(=O)[C@H]([C@@H](c1ccccc1)N1CCOCC1)N1CCNCC1. The lowest BCUT2D eigenvalue weighted by atomic mass is 9.95. The van der Waals surface area contributed by atoms with Crippen molar-refractivity contribution in [2.24, 2.45) is 0 Å². The van der Waals surface area contributed by atoms with Gasteiger partial charge in [0.15, 0.2) is 0 Å². The zero-order valence-corrected chi connectivity index (χ0v) is 15.0. The highest BCUT2D eigenvalue weighted by Gasteiger charge is 2.40. The molecule has 2 saturated heterocycles.